The maximum absolute atomic E-state index is 11.6. The first-order valence-electron chi connectivity index (χ1n) is 8.72. The van der Waals surface area contributed by atoms with Crippen molar-refractivity contribution in [3.05, 3.63) is 89.1 Å². The van der Waals surface area contributed by atoms with Crippen molar-refractivity contribution in [1.82, 2.24) is 19.6 Å². The van der Waals surface area contributed by atoms with Gasteiger partial charge in [0.05, 0.1) is 6.20 Å². The van der Waals surface area contributed by atoms with Crippen molar-refractivity contribution >= 4 is 16.6 Å². The lowest BCUT2D eigenvalue weighted by molar-refractivity contribution is 0.941. The van der Waals surface area contributed by atoms with Gasteiger partial charge in [-0.15, -0.1) is 0 Å². The van der Waals surface area contributed by atoms with Crippen molar-refractivity contribution in [1.29, 1.82) is 0 Å². The van der Waals surface area contributed by atoms with Gasteiger partial charge < -0.3 is 4.98 Å². The fourth-order valence-corrected chi connectivity index (χ4v) is 3.38. The summed E-state index contributed by atoms with van der Waals surface area (Å²) >= 11 is 0. The van der Waals surface area contributed by atoms with E-state index >= 15 is 0 Å². The summed E-state index contributed by atoms with van der Waals surface area (Å²) in [5.41, 5.74) is 6.75. The highest BCUT2D eigenvalue weighted by Crippen LogP contribution is 2.30. The van der Waals surface area contributed by atoms with Gasteiger partial charge in [-0.3, -0.25) is 4.79 Å². The summed E-state index contributed by atoms with van der Waals surface area (Å²) in [4.78, 5) is 19.1. The second kappa shape index (κ2) is 5.92. The Balaban J connectivity index is 1.67. The third-order valence-electron chi connectivity index (χ3n) is 4.80. The summed E-state index contributed by atoms with van der Waals surface area (Å²) < 4.78 is 1.80. The zero-order valence-corrected chi connectivity index (χ0v) is 14.7. The Kier molecular flexibility index (Phi) is 3.40. The topological polar surface area (TPSA) is 63.0 Å². The minimum atomic E-state index is -0.111. The van der Waals surface area contributed by atoms with E-state index in [1.54, 1.807) is 10.6 Å². The molecule has 0 aliphatic carbocycles. The first-order chi connectivity index (χ1) is 13.2. The molecule has 27 heavy (non-hydrogen) atoms. The largest absolute Gasteiger partial charge is 0.322 e. The van der Waals surface area contributed by atoms with E-state index in [0.29, 0.717) is 0 Å². The molecular weight excluding hydrogens is 336 g/mol. The Hall–Kier alpha value is -3.73. The van der Waals surface area contributed by atoms with Crippen LogP contribution in [0.3, 0.4) is 0 Å². The molecule has 5 rings (SSSR count). The fourth-order valence-electron chi connectivity index (χ4n) is 3.38. The number of nitrogens with zero attached hydrogens (tertiary/aromatic N) is 3. The molecule has 0 spiro atoms. The number of aromatic amines is 1. The summed E-state index contributed by atoms with van der Waals surface area (Å²) in [5.74, 6) is 0. The molecule has 0 saturated heterocycles. The Bertz CT molecular complexity index is 1350. The standard InChI is InChI=1S/C22H16N4O/c1-14-5-7-15(8-6-14)16-11-23-22-19(12-24-26(22)13-16)17-3-2-4-20-18(17)9-10-21(27)25-20/h2-13H,1H3,(H,25,27). The fraction of sp³-hybridized carbons (Fsp3) is 0.0455. The summed E-state index contributed by atoms with van der Waals surface area (Å²) in [6.07, 6.45) is 5.68. The van der Waals surface area contributed by atoms with Crippen LogP contribution in [0.2, 0.25) is 0 Å². The zero-order chi connectivity index (χ0) is 18.4. The van der Waals surface area contributed by atoms with Crippen LogP contribution >= 0.6 is 0 Å². The van der Waals surface area contributed by atoms with E-state index in [1.165, 1.54) is 5.56 Å². The summed E-state index contributed by atoms with van der Waals surface area (Å²) in [6.45, 7) is 2.07. The zero-order valence-electron chi connectivity index (χ0n) is 14.7. The molecular formula is C22H16N4O. The molecule has 5 nitrogen and oxygen atoms in total. The number of hydrogen-bond donors (Lipinski definition) is 1. The Labute approximate surface area is 154 Å². The van der Waals surface area contributed by atoms with Crippen molar-refractivity contribution < 1.29 is 0 Å². The Morgan fingerprint density at radius 3 is 2.59 bits per heavy atom. The van der Waals surface area contributed by atoms with Crippen LogP contribution in [-0.4, -0.2) is 19.6 Å². The van der Waals surface area contributed by atoms with Crippen LogP contribution in [0.5, 0.6) is 0 Å². The van der Waals surface area contributed by atoms with Gasteiger partial charge in [0.1, 0.15) is 0 Å². The van der Waals surface area contributed by atoms with Crippen molar-refractivity contribution in [2.75, 3.05) is 0 Å². The van der Waals surface area contributed by atoms with Crippen LogP contribution in [0.15, 0.2) is 78.0 Å². The van der Waals surface area contributed by atoms with E-state index in [2.05, 4.69) is 46.3 Å². The molecule has 5 heteroatoms. The van der Waals surface area contributed by atoms with Gasteiger partial charge in [0.15, 0.2) is 5.65 Å². The number of rotatable bonds is 2. The highest BCUT2D eigenvalue weighted by molar-refractivity contribution is 5.97. The van der Waals surface area contributed by atoms with Gasteiger partial charge in [-0.2, -0.15) is 5.10 Å². The number of hydrogen-bond acceptors (Lipinski definition) is 3. The molecule has 0 aliphatic rings. The van der Waals surface area contributed by atoms with Crippen LogP contribution in [0.1, 0.15) is 5.56 Å². The molecule has 2 aromatic carbocycles. The van der Waals surface area contributed by atoms with Crippen LogP contribution in [0.25, 0.3) is 38.8 Å². The number of pyridine rings is 1. The van der Waals surface area contributed by atoms with Gasteiger partial charge in [-0.1, -0.05) is 42.0 Å². The summed E-state index contributed by atoms with van der Waals surface area (Å²) in [6, 6.07) is 17.6. The van der Waals surface area contributed by atoms with Crippen molar-refractivity contribution in [2.24, 2.45) is 0 Å². The van der Waals surface area contributed by atoms with Gasteiger partial charge in [0, 0.05) is 40.5 Å². The molecule has 130 valence electrons. The lowest BCUT2D eigenvalue weighted by Crippen LogP contribution is -2.02. The summed E-state index contributed by atoms with van der Waals surface area (Å²) in [5, 5.41) is 5.47. The number of fused-ring (bicyclic) bond motifs is 2. The van der Waals surface area contributed by atoms with E-state index in [1.807, 2.05) is 42.9 Å². The van der Waals surface area contributed by atoms with Crippen molar-refractivity contribution in [3.63, 3.8) is 0 Å². The number of aryl methyl sites for hydroxylation is 1. The van der Waals surface area contributed by atoms with Crippen molar-refractivity contribution in [3.8, 4) is 22.3 Å². The monoisotopic (exact) mass is 352 g/mol. The third-order valence-corrected chi connectivity index (χ3v) is 4.80. The van der Waals surface area contributed by atoms with E-state index in [0.717, 1.165) is 38.8 Å². The molecule has 1 N–H and O–H groups in total. The number of aromatic nitrogens is 4. The highest BCUT2D eigenvalue weighted by atomic mass is 16.1. The third kappa shape index (κ3) is 2.60. The molecule has 0 fully saturated rings. The highest BCUT2D eigenvalue weighted by Gasteiger charge is 2.12. The molecule has 3 aromatic heterocycles. The second-order valence-corrected chi connectivity index (χ2v) is 6.62. The van der Waals surface area contributed by atoms with E-state index < -0.39 is 0 Å². The summed E-state index contributed by atoms with van der Waals surface area (Å²) in [7, 11) is 0. The van der Waals surface area contributed by atoms with Crippen LogP contribution in [-0.2, 0) is 0 Å². The normalized spacial score (nSPS) is 11.3. The average molecular weight is 352 g/mol. The first-order valence-corrected chi connectivity index (χ1v) is 8.72. The lowest BCUT2D eigenvalue weighted by atomic mass is 10.0. The van der Waals surface area contributed by atoms with Gasteiger partial charge in [-0.25, -0.2) is 9.50 Å². The average Bonchev–Trinajstić information content (AvgIpc) is 3.11. The molecule has 0 radical (unpaired) electrons. The maximum atomic E-state index is 11.6. The number of nitrogens with one attached hydrogen (secondary N) is 1. The van der Waals surface area contributed by atoms with E-state index in [4.69, 9.17) is 0 Å². The molecule has 3 heterocycles. The van der Waals surface area contributed by atoms with Gasteiger partial charge in [-0.05, 0) is 30.2 Å². The molecule has 0 atom stereocenters. The van der Waals surface area contributed by atoms with Crippen LogP contribution in [0, 0.1) is 6.92 Å². The maximum Gasteiger partial charge on any atom is 0.248 e. The Morgan fingerprint density at radius 2 is 1.74 bits per heavy atom. The predicted octanol–water partition coefficient (Wildman–Crippen LogP) is 4.21. The Morgan fingerprint density at radius 1 is 0.889 bits per heavy atom. The molecule has 0 unspecified atom stereocenters. The lowest BCUT2D eigenvalue weighted by Gasteiger charge is -2.06. The molecule has 0 aliphatic heterocycles. The number of benzene rings is 2. The predicted molar refractivity (Wildman–Crippen MR) is 107 cm³/mol. The first kappa shape index (κ1) is 15.5. The minimum Gasteiger partial charge on any atom is -0.322 e. The van der Waals surface area contributed by atoms with Crippen LogP contribution in [0.4, 0.5) is 0 Å². The molecule has 5 aromatic rings. The van der Waals surface area contributed by atoms with Crippen LogP contribution < -0.4 is 5.56 Å². The van der Waals surface area contributed by atoms with Gasteiger partial charge in [0.25, 0.3) is 0 Å². The van der Waals surface area contributed by atoms with Gasteiger partial charge in [0.2, 0.25) is 5.56 Å². The van der Waals surface area contributed by atoms with E-state index in [-0.39, 0.29) is 5.56 Å². The SMILES string of the molecule is Cc1ccc(-c2cnc3c(-c4cccc5[nH]c(=O)ccc45)cnn3c2)cc1. The molecule has 0 amide bonds. The smallest absolute Gasteiger partial charge is 0.248 e. The van der Waals surface area contributed by atoms with Crippen molar-refractivity contribution in [2.45, 2.75) is 6.92 Å². The van der Waals surface area contributed by atoms with Gasteiger partial charge >= 0.3 is 0 Å². The molecule has 0 saturated carbocycles. The number of H-pyrrole nitrogens is 1. The van der Waals surface area contributed by atoms with E-state index in [9.17, 15) is 4.79 Å². The quantitative estimate of drug-likeness (QED) is 0.517. The molecule has 0 bridgehead atoms. The second-order valence-electron chi connectivity index (χ2n) is 6.62. The minimum absolute atomic E-state index is 0.111.